The molecule has 0 amide bonds. The van der Waals surface area contributed by atoms with Crippen LogP contribution in [0.5, 0.6) is 0 Å². The average molecular weight is 363 g/mol. The highest BCUT2D eigenvalue weighted by atomic mass is 32.1. The van der Waals surface area contributed by atoms with Crippen molar-refractivity contribution in [3.63, 3.8) is 0 Å². The third kappa shape index (κ3) is 2.68. The largest absolute Gasteiger partial charge is 0.353 e. The Hall–Kier alpha value is -3.00. The lowest BCUT2D eigenvalue weighted by Crippen LogP contribution is -2.47. The summed E-state index contributed by atoms with van der Waals surface area (Å²) in [6, 6.07) is 8.16. The van der Waals surface area contributed by atoms with Crippen molar-refractivity contribution in [1.29, 1.82) is 0 Å². The molecule has 4 aromatic rings. The van der Waals surface area contributed by atoms with E-state index in [1.54, 1.807) is 30.2 Å². The first kappa shape index (κ1) is 15.3. The molecule has 4 aromatic heterocycles. The molecule has 0 saturated carbocycles. The molecule has 0 spiro atoms. The van der Waals surface area contributed by atoms with Gasteiger partial charge >= 0.3 is 0 Å². The molecule has 0 aliphatic carbocycles. The quantitative estimate of drug-likeness (QED) is 0.558. The summed E-state index contributed by atoms with van der Waals surface area (Å²) in [7, 11) is 0. The van der Waals surface area contributed by atoms with E-state index in [1.807, 2.05) is 29.0 Å². The summed E-state index contributed by atoms with van der Waals surface area (Å²) in [5.41, 5.74) is 1.03. The van der Waals surface area contributed by atoms with Crippen LogP contribution in [-0.4, -0.2) is 50.7 Å². The highest BCUT2D eigenvalue weighted by Crippen LogP contribution is 2.29. The Morgan fingerprint density at radius 3 is 2.62 bits per heavy atom. The molecule has 0 unspecified atom stereocenters. The molecular formula is C18H17N7S. The second-order valence-electron chi connectivity index (χ2n) is 6.13. The third-order valence-electron chi connectivity index (χ3n) is 4.62. The van der Waals surface area contributed by atoms with E-state index in [4.69, 9.17) is 4.98 Å². The fourth-order valence-electron chi connectivity index (χ4n) is 3.28. The van der Waals surface area contributed by atoms with Gasteiger partial charge in [0.25, 0.3) is 0 Å². The predicted molar refractivity (Wildman–Crippen MR) is 103 cm³/mol. The van der Waals surface area contributed by atoms with E-state index in [0.29, 0.717) is 0 Å². The van der Waals surface area contributed by atoms with Gasteiger partial charge in [-0.05, 0) is 23.6 Å². The summed E-state index contributed by atoms with van der Waals surface area (Å²) in [6.45, 7) is 3.66. The van der Waals surface area contributed by atoms with Gasteiger partial charge in [0, 0.05) is 38.6 Å². The number of anilines is 2. The van der Waals surface area contributed by atoms with E-state index < -0.39 is 0 Å². The van der Waals surface area contributed by atoms with E-state index in [0.717, 1.165) is 49.1 Å². The van der Waals surface area contributed by atoms with Gasteiger partial charge in [0.2, 0.25) is 0 Å². The second-order valence-corrected chi connectivity index (χ2v) is 7.05. The lowest BCUT2D eigenvalue weighted by atomic mass is 10.3. The highest BCUT2D eigenvalue weighted by Gasteiger charge is 2.21. The van der Waals surface area contributed by atoms with Gasteiger partial charge in [0.05, 0.1) is 10.2 Å². The number of piperazine rings is 1. The number of pyridine rings is 1. The van der Waals surface area contributed by atoms with E-state index in [1.165, 1.54) is 4.70 Å². The predicted octanol–water partition coefficient (Wildman–Crippen LogP) is 2.60. The zero-order chi connectivity index (χ0) is 17.3. The molecule has 5 heterocycles. The molecule has 0 radical (unpaired) electrons. The molecule has 8 heteroatoms. The third-order valence-corrected chi connectivity index (χ3v) is 5.52. The molecule has 5 rings (SSSR count). The minimum atomic E-state index is 0.888. The Labute approximate surface area is 154 Å². The van der Waals surface area contributed by atoms with Gasteiger partial charge in [0.1, 0.15) is 30.1 Å². The Balaban J connectivity index is 1.35. The fourth-order valence-corrected chi connectivity index (χ4v) is 4.14. The molecule has 1 fully saturated rings. The van der Waals surface area contributed by atoms with Gasteiger partial charge in [0.15, 0.2) is 0 Å². The van der Waals surface area contributed by atoms with Crippen LogP contribution in [0.3, 0.4) is 0 Å². The minimum absolute atomic E-state index is 0.888. The summed E-state index contributed by atoms with van der Waals surface area (Å²) < 4.78 is 3.09. The second kappa shape index (κ2) is 6.38. The number of nitrogens with zero attached hydrogens (tertiary/aromatic N) is 7. The highest BCUT2D eigenvalue weighted by molar-refractivity contribution is 7.17. The van der Waals surface area contributed by atoms with Crippen molar-refractivity contribution in [2.45, 2.75) is 0 Å². The van der Waals surface area contributed by atoms with Gasteiger partial charge < -0.3 is 9.80 Å². The van der Waals surface area contributed by atoms with E-state index in [9.17, 15) is 0 Å². The van der Waals surface area contributed by atoms with Gasteiger partial charge in [-0.1, -0.05) is 6.07 Å². The lowest BCUT2D eigenvalue weighted by molar-refractivity contribution is 0.642. The average Bonchev–Trinajstić information content (AvgIpc) is 3.40. The van der Waals surface area contributed by atoms with Gasteiger partial charge in [-0.2, -0.15) is 0 Å². The maximum absolute atomic E-state index is 4.79. The first-order valence-corrected chi connectivity index (χ1v) is 9.40. The van der Waals surface area contributed by atoms with Gasteiger partial charge in [-0.25, -0.2) is 19.9 Å². The van der Waals surface area contributed by atoms with E-state index in [-0.39, 0.29) is 0 Å². The first-order chi connectivity index (χ1) is 12.9. The van der Waals surface area contributed by atoms with Crippen molar-refractivity contribution in [3.05, 3.63) is 54.7 Å². The fraction of sp³-hybridized carbons (Fsp3) is 0.222. The Morgan fingerprint density at radius 1 is 0.923 bits per heavy atom. The van der Waals surface area contributed by atoms with Crippen molar-refractivity contribution >= 4 is 33.2 Å². The normalized spacial score (nSPS) is 14.9. The zero-order valence-electron chi connectivity index (χ0n) is 14.1. The maximum Gasteiger partial charge on any atom is 0.150 e. The molecular weight excluding hydrogens is 346 g/mol. The van der Waals surface area contributed by atoms with Crippen LogP contribution in [0.2, 0.25) is 0 Å². The van der Waals surface area contributed by atoms with Crippen molar-refractivity contribution in [2.75, 3.05) is 36.0 Å². The van der Waals surface area contributed by atoms with Gasteiger partial charge in [-0.15, -0.1) is 11.3 Å². The number of hydrogen-bond acceptors (Lipinski definition) is 7. The molecule has 130 valence electrons. The minimum Gasteiger partial charge on any atom is -0.353 e. The Morgan fingerprint density at radius 2 is 1.77 bits per heavy atom. The summed E-state index contributed by atoms with van der Waals surface area (Å²) >= 11 is 1.70. The van der Waals surface area contributed by atoms with Crippen LogP contribution in [0, 0.1) is 0 Å². The number of thiophene rings is 1. The number of rotatable bonds is 3. The van der Waals surface area contributed by atoms with Crippen LogP contribution in [0.1, 0.15) is 0 Å². The Kier molecular flexibility index (Phi) is 3.75. The number of hydrogen-bond donors (Lipinski definition) is 0. The van der Waals surface area contributed by atoms with Crippen LogP contribution in [0.4, 0.5) is 11.6 Å². The molecule has 0 atom stereocenters. The monoisotopic (exact) mass is 363 g/mol. The smallest absolute Gasteiger partial charge is 0.150 e. The standard InChI is InChI=1S/C18H17N7S/c1-2-15(22-16(3-1)25-6-5-19-13-25)23-7-9-24(10-8-23)18-17-14(4-11-26-17)20-12-21-18/h1-6,11-13H,7-10H2. The van der Waals surface area contributed by atoms with Crippen LogP contribution in [-0.2, 0) is 0 Å². The van der Waals surface area contributed by atoms with Crippen LogP contribution in [0.25, 0.3) is 16.0 Å². The van der Waals surface area contributed by atoms with E-state index in [2.05, 4.69) is 36.2 Å². The van der Waals surface area contributed by atoms with Crippen molar-refractivity contribution < 1.29 is 0 Å². The SMILES string of the molecule is c1cc(N2CCN(c3ncnc4ccsc34)CC2)nc(-n2ccnc2)c1. The van der Waals surface area contributed by atoms with Crippen molar-refractivity contribution in [1.82, 2.24) is 24.5 Å². The maximum atomic E-state index is 4.79. The van der Waals surface area contributed by atoms with Crippen LogP contribution >= 0.6 is 11.3 Å². The molecule has 1 aliphatic rings. The van der Waals surface area contributed by atoms with Crippen LogP contribution < -0.4 is 9.80 Å². The Bertz CT molecular complexity index is 1020. The van der Waals surface area contributed by atoms with Crippen LogP contribution in [0.15, 0.2) is 54.7 Å². The van der Waals surface area contributed by atoms with Crippen molar-refractivity contribution in [2.24, 2.45) is 0 Å². The molecule has 0 N–H and O–H groups in total. The van der Waals surface area contributed by atoms with Crippen molar-refractivity contribution in [3.8, 4) is 5.82 Å². The molecule has 0 bridgehead atoms. The zero-order valence-corrected chi connectivity index (χ0v) is 14.9. The summed E-state index contributed by atoms with van der Waals surface area (Å²) in [6.07, 6.45) is 7.10. The topological polar surface area (TPSA) is 63.0 Å². The molecule has 1 aliphatic heterocycles. The summed E-state index contributed by atoms with van der Waals surface area (Å²) in [4.78, 5) is 22.4. The number of aromatic nitrogens is 5. The summed E-state index contributed by atoms with van der Waals surface area (Å²) in [5, 5.41) is 2.07. The lowest BCUT2D eigenvalue weighted by Gasteiger charge is -2.36. The molecule has 26 heavy (non-hydrogen) atoms. The number of fused-ring (bicyclic) bond motifs is 1. The summed E-state index contributed by atoms with van der Waals surface area (Å²) in [5.74, 6) is 2.93. The number of imidazole rings is 1. The molecule has 1 saturated heterocycles. The van der Waals surface area contributed by atoms with E-state index >= 15 is 0 Å². The van der Waals surface area contributed by atoms with Gasteiger partial charge in [-0.3, -0.25) is 4.57 Å². The first-order valence-electron chi connectivity index (χ1n) is 8.52. The molecule has 7 nitrogen and oxygen atoms in total. The molecule has 0 aromatic carbocycles.